The van der Waals surface area contributed by atoms with Gasteiger partial charge in [0.1, 0.15) is 19.9 Å². The number of nitrogens with zero attached hydrogens (tertiary/aromatic N) is 3. The molecule has 0 unspecified atom stereocenters. The summed E-state index contributed by atoms with van der Waals surface area (Å²) in [7, 11) is 5.70. The Morgan fingerprint density at radius 2 is 1.57 bits per heavy atom. The third kappa shape index (κ3) is 15.3. The summed E-state index contributed by atoms with van der Waals surface area (Å²) in [5.41, 5.74) is 0.237. The lowest BCUT2D eigenvalue weighted by molar-refractivity contribution is -0.133. The predicted molar refractivity (Wildman–Crippen MR) is 160 cm³/mol. The minimum absolute atomic E-state index is 0.185. The van der Waals surface area contributed by atoms with Crippen LogP contribution in [0.3, 0.4) is 0 Å². The van der Waals surface area contributed by atoms with E-state index in [-0.39, 0.29) is 42.2 Å². The fraction of sp³-hybridized carbons (Fsp3) is 0.667. The molecule has 0 fully saturated rings. The van der Waals surface area contributed by atoms with Crippen LogP contribution < -0.4 is 26.6 Å². The first-order valence-electron chi connectivity index (χ1n) is 14.5. The summed E-state index contributed by atoms with van der Waals surface area (Å²) in [4.78, 5) is 71.7. The minimum Gasteiger partial charge on any atom is -0.479 e. The number of amides is 5. The van der Waals surface area contributed by atoms with E-state index in [2.05, 4.69) is 36.6 Å². The molecule has 1 rings (SSSR count). The predicted octanol–water partition coefficient (Wildman–Crippen LogP) is -1.35. The molecule has 42 heavy (non-hydrogen) atoms. The maximum Gasteiger partial charge on any atom is 0.313 e. The van der Waals surface area contributed by atoms with Crippen LogP contribution >= 0.6 is 0 Å². The molecule has 0 bridgehead atoms. The largest absolute Gasteiger partial charge is 0.479 e. The van der Waals surface area contributed by atoms with Crippen LogP contribution in [-0.2, 0) is 19.2 Å². The lowest BCUT2D eigenvalue weighted by atomic mass is 10.0. The monoisotopic (exact) mass is 590 g/mol. The van der Waals surface area contributed by atoms with Gasteiger partial charge in [0.05, 0.1) is 12.1 Å². The average molecular weight is 591 g/mol. The number of aromatic nitrogens is 2. The van der Waals surface area contributed by atoms with Gasteiger partial charge in [-0.1, -0.05) is 20.3 Å². The smallest absolute Gasteiger partial charge is 0.313 e. The second-order valence-corrected chi connectivity index (χ2v) is 10.7. The highest BCUT2D eigenvalue weighted by Crippen LogP contribution is 2.08. The highest BCUT2D eigenvalue weighted by molar-refractivity contribution is 6.10. The molecule has 6 N–H and O–H groups in total. The number of hydrogen-bond acceptors (Lipinski definition) is 9. The van der Waals surface area contributed by atoms with Crippen LogP contribution in [0.1, 0.15) is 69.2 Å². The van der Waals surface area contributed by atoms with Crippen molar-refractivity contribution in [3.05, 3.63) is 18.0 Å². The summed E-state index contributed by atoms with van der Waals surface area (Å²) in [6.45, 7) is 4.68. The fourth-order valence-corrected chi connectivity index (χ4v) is 3.97. The van der Waals surface area contributed by atoms with Gasteiger partial charge in [0.25, 0.3) is 5.91 Å². The molecule has 0 aromatic carbocycles. The Balaban J connectivity index is 2.56. The summed E-state index contributed by atoms with van der Waals surface area (Å²) >= 11 is 0. The Morgan fingerprint density at radius 3 is 2.19 bits per heavy atom. The molecule has 14 nitrogen and oxygen atoms in total. The van der Waals surface area contributed by atoms with Gasteiger partial charge in [0.15, 0.2) is 0 Å². The van der Waals surface area contributed by atoms with Gasteiger partial charge in [-0.2, -0.15) is 0 Å². The van der Waals surface area contributed by atoms with E-state index < -0.39 is 29.9 Å². The molecule has 0 aliphatic rings. The molecule has 0 aliphatic carbocycles. The second-order valence-electron chi connectivity index (χ2n) is 10.7. The molecule has 0 aliphatic heterocycles. The maximum absolute atomic E-state index is 13.2. The van der Waals surface area contributed by atoms with E-state index in [0.717, 1.165) is 13.0 Å². The van der Waals surface area contributed by atoms with Crippen molar-refractivity contribution in [1.29, 1.82) is 0 Å². The van der Waals surface area contributed by atoms with E-state index in [0.29, 0.717) is 45.1 Å². The Hall–Kier alpha value is -3.75. The summed E-state index contributed by atoms with van der Waals surface area (Å²) in [6, 6.07) is -2.07. The number of carbonyl (C=O) groups is 5. The number of hydrogen-bond donors (Lipinski definition) is 6. The molecule has 1 aromatic heterocycles. The SMILES string of the molecule is BCNC(=O)CNC(=O)[C@H](CCCCN(C)C)NC(=O)[C@@H](NC(=O)CCCCCNC(=O)c1cnc(O)nc1)C(C)C. The summed E-state index contributed by atoms with van der Waals surface area (Å²) in [5, 5.41) is 22.6. The first-order valence-corrected chi connectivity index (χ1v) is 14.5. The molecule has 15 heteroatoms. The minimum atomic E-state index is -0.837. The Bertz CT molecular complexity index is 1010. The standard InChI is InChI=1S/C27H47BN8O6/c1-18(2)23(35-21(37)11-6-5-8-12-29-24(39)19-14-31-27(42)32-15-19)26(41)34-20(10-7-9-13-36(3)4)25(40)30-16-22(38)33-17-28/h14-15,18,20,23H,5-13,16-17,28H2,1-4H3,(H,29,39)(H,30,40)(H,33,38)(H,34,41)(H,35,37)(H,31,32,42)/t20-,23-/m0/s1. The number of aromatic hydroxyl groups is 1. The second kappa shape index (κ2) is 20.2. The molecule has 0 saturated carbocycles. The van der Waals surface area contributed by atoms with Crippen molar-refractivity contribution >= 4 is 37.4 Å². The van der Waals surface area contributed by atoms with Gasteiger partial charge in [-0.05, 0) is 65.1 Å². The number of rotatable bonds is 20. The molecule has 0 spiro atoms. The van der Waals surface area contributed by atoms with Gasteiger partial charge in [0.2, 0.25) is 23.6 Å². The third-order valence-electron chi connectivity index (χ3n) is 6.31. The van der Waals surface area contributed by atoms with Gasteiger partial charge in [-0.3, -0.25) is 24.0 Å². The summed E-state index contributed by atoms with van der Waals surface area (Å²) < 4.78 is 0. The normalized spacial score (nSPS) is 12.3. The molecule has 2 atom stereocenters. The van der Waals surface area contributed by atoms with Crippen LogP contribution in [-0.4, -0.2) is 110 Å². The van der Waals surface area contributed by atoms with E-state index in [1.165, 1.54) is 12.4 Å². The highest BCUT2D eigenvalue weighted by atomic mass is 16.3. The van der Waals surface area contributed by atoms with Crippen molar-refractivity contribution in [3.8, 4) is 6.01 Å². The summed E-state index contributed by atoms with van der Waals surface area (Å²) in [6.07, 6.45) is 6.93. The molecule has 1 aromatic rings. The topological polar surface area (TPSA) is 195 Å². The van der Waals surface area contributed by atoms with E-state index in [1.54, 1.807) is 7.85 Å². The lowest BCUT2D eigenvalue weighted by Gasteiger charge is -2.25. The maximum atomic E-state index is 13.2. The molecule has 5 amide bonds. The van der Waals surface area contributed by atoms with Crippen molar-refractivity contribution in [2.24, 2.45) is 5.92 Å². The van der Waals surface area contributed by atoms with Crippen LogP contribution in [0.15, 0.2) is 12.4 Å². The van der Waals surface area contributed by atoms with Gasteiger partial charge in [0, 0.05) is 25.4 Å². The number of unbranched alkanes of at least 4 members (excludes halogenated alkanes) is 3. The first kappa shape index (κ1) is 36.3. The van der Waals surface area contributed by atoms with E-state index in [1.807, 2.05) is 32.8 Å². The Morgan fingerprint density at radius 1 is 0.881 bits per heavy atom. The number of nitrogens with one attached hydrogen (secondary N) is 5. The van der Waals surface area contributed by atoms with Crippen LogP contribution in [0.5, 0.6) is 6.01 Å². The Kier molecular flexibility index (Phi) is 17.4. The van der Waals surface area contributed by atoms with E-state index in [9.17, 15) is 24.0 Å². The zero-order valence-corrected chi connectivity index (χ0v) is 25.5. The van der Waals surface area contributed by atoms with Gasteiger partial charge in [-0.15, -0.1) is 0 Å². The van der Waals surface area contributed by atoms with Crippen LogP contribution in [0.4, 0.5) is 0 Å². The van der Waals surface area contributed by atoms with E-state index in [4.69, 9.17) is 5.11 Å². The van der Waals surface area contributed by atoms with Gasteiger partial charge >= 0.3 is 6.01 Å². The average Bonchev–Trinajstić information content (AvgIpc) is 2.93. The van der Waals surface area contributed by atoms with Crippen molar-refractivity contribution in [3.63, 3.8) is 0 Å². The Labute approximate surface area is 249 Å². The molecular weight excluding hydrogens is 543 g/mol. The molecular formula is C27H47BN8O6. The van der Waals surface area contributed by atoms with Crippen molar-refractivity contribution < 1.29 is 29.1 Å². The molecule has 0 radical (unpaired) electrons. The molecule has 1 heterocycles. The van der Waals surface area contributed by atoms with Crippen molar-refractivity contribution in [2.45, 2.75) is 70.9 Å². The number of carbonyl (C=O) groups excluding carboxylic acids is 5. The van der Waals surface area contributed by atoms with Gasteiger partial charge in [-0.25, -0.2) is 9.97 Å². The van der Waals surface area contributed by atoms with E-state index >= 15 is 0 Å². The summed E-state index contributed by atoms with van der Waals surface area (Å²) in [5.74, 6) is -2.07. The molecule has 0 saturated heterocycles. The van der Waals surface area contributed by atoms with Crippen molar-refractivity contribution in [2.75, 3.05) is 40.2 Å². The van der Waals surface area contributed by atoms with Crippen LogP contribution in [0.25, 0.3) is 0 Å². The lowest BCUT2D eigenvalue weighted by Crippen LogP contribution is -2.56. The van der Waals surface area contributed by atoms with Gasteiger partial charge < -0.3 is 36.6 Å². The quantitative estimate of drug-likeness (QED) is 0.0787. The fourth-order valence-electron chi connectivity index (χ4n) is 3.97. The highest BCUT2D eigenvalue weighted by Gasteiger charge is 2.28. The zero-order valence-electron chi connectivity index (χ0n) is 25.5. The van der Waals surface area contributed by atoms with Crippen LogP contribution in [0, 0.1) is 5.92 Å². The van der Waals surface area contributed by atoms with Crippen molar-refractivity contribution in [1.82, 2.24) is 41.5 Å². The zero-order chi connectivity index (χ0) is 31.5. The molecule has 234 valence electrons. The third-order valence-corrected chi connectivity index (χ3v) is 6.31. The van der Waals surface area contributed by atoms with Crippen LogP contribution in [0.2, 0.25) is 0 Å². The first-order chi connectivity index (χ1) is 19.9.